The summed E-state index contributed by atoms with van der Waals surface area (Å²) in [4.78, 5) is 35.2. The van der Waals surface area contributed by atoms with E-state index in [0.29, 0.717) is 27.6 Å². The second-order valence-corrected chi connectivity index (χ2v) is 58.4. The van der Waals surface area contributed by atoms with Crippen molar-refractivity contribution in [1.29, 1.82) is 0 Å². The van der Waals surface area contributed by atoms with E-state index in [1.165, 1.54) is 39.0 Å². The van der Waals surface area contributed by atoms with Gasteiger partial charge in [0.15, 0.2) is 11.6 Å². The van der Waals surface area contributed by atoms with Crippen molar-refractivity contribution in [3.05, 3.63) is 88.7 Å². The summed E-state index contributed by atoms with van der Waals surface area (Å²) >= 11 is 12.1. The zero-order valence-electron chi connectivity index (χ0n) is 28.1. The van der Waals surface area contributed by atoms with Crippen molar-refractivity contribution in [3.8, 4) is 0 Å². The minimum atomic E-state index is -0.501. The van der Waals surface area contributed by atoms with Crippen LogP contribution >= 0.6 is 99.9 Å². The Morgan fingerprint density at radius 1 is 0.891 bits per heavy atom. The number of carbonyl (C=O) groups excluding carboxylic acids is 3. The number of Topliss-reactive ketones (excluding diaryl/α,β-unsaturated/α-hetero) is 2. The van der Waals surface area contributed by atoms with Crippen molar-refractivity contribution >= 4 is 123 Å². The van der Waals surface area contributed by atoms with E-state index in [0.717, 1.165) is 43.2 Å². The van der Waals surface area contributed by atoms with Crippen LogP contribution in [0.2, 0.25) is 0 Å². The van der Waals surface area contributed by atoms with Crippen LogP contribution in [0.4, 0.5) is 0 Å². The summed E-state index contributed by atoms with van der Waals surface area (Å²) in [6.07, 6.45) is 6.94. The number of allylic oxidation sites excluding steroid dienone is 2. The van der Waals surface area contributed by atoms with Crippen LogP contribution in [0.25, 0.3) is 5.57 Å². The Bertz CT molecular complexity index is 1330. The number of ketones is 3. The van der Waals surface area contributed by atoms with Gasteiger partial charge >= 0.3 is 114 Å². The zero-order chi connectivity index (χ0) is 35.1. The Balaban J connectivity index is 0. The molecule has 0 fully saturated rings. The van der Waals surface area contributed by atoms with Gasteiger partial charge in [0.05, 0.1) is 0 Å². The normalized spacial score (nSPS) is 18.2. The molecule has 3 aliphatic carbocycles. The Morgan fingerprint density at radius 3 is 1.78 bits per heavy atom. The third kappa shape index (κ3) is 16.1. The van der Waals surface area contributed by atoms with Crippen molar-refractivity contribution in [2.45, 2.75) is 93.9 Å². The second kappa shape index (κ2) is 25.8. The Hall–Kier alpha value is 1.97. The SMILES string of the molecule is CC(=O)C[C@@]1(C)CCc2c(C)cc(C)cc2C1=O.Cc1cc(C)c2c(c1)C1=CC(=O)CC1CC2.O.[CH2-]C.[CH2-]C.[I][V]([I])[I].[I][V][I]. The molecule has 2 aromatic rings. The van der Waals surface area contributed by atoms with E-state index in [1.54, 1.807) is 20.8 Å². The van der Waals surface area contributed by atoms with Crippen LogP contribution in [-0.4, -0.2) is 22.8 Å². The molecule has 4 nitrogen and oxygen atoms in total. The quantitative estimate of drug-likeness (QED) is 0.222. The molecule has 0 saturated carbocycles. The van der Waals surface area contributed by atoms with E-state index in [4.69, 9.17) is 0 Å². The van der Waals surface area contributed by atoms with Crippen LogP contribution in [0.3, 0.4) is 0 Å². The van der Waals surface area contributed by atoms with Gasteiger partial charge in [0.1, 0.15) is 5.78 Å². The number of hydrogen-bond acceptors (Lipinski definition) is 3. The van der Waals surface area contributed by atoms with Gasteiger partial charge in [0, 0.05) is 23.8 Å². The van der Waals surface area contributed by atoms with Crippen LogP contribution in [0.5, 0.6) is 0 Å². The number of halogens is 5. The standard InChI is InChI=1S/C16H20O2.C15H16O.2C2H5.5HI.H2O.2V/c1-10-7-11(2)13-5-6-16(4,9-12(3)17)15(18)14(13)8-10;1-9-5-10(2)13-4-3-11-7-12(16)8-14(11)15(13)6-9;2*1-2;;;;;;;;/h7-8H,5-6,9H2,1-4H3;5-6,8,11H,3-4,7H2,1-2H3;2*1H2,2H3;5*1H;1H2;;/q;;2*-1;;;;;;;+2;+3/p-5/t16-;;;;;;;;;;;/m1.........../s1. The number of rotatable bonds is 2. The number of carbonyl (C=O) groups is 3. The summed E-state index contributed by atoms with van der Waals surface area (Å²) in [7, 11) is 0.628. The van der Waals surface area contributed by atoms with Crippen LogP contribution in [-0.2, 0) is 36.8 Å². The summed E-state index contributed by atoms with van der Waals surface area (Å²) in [6, 6.07) is 8.59. The molecule has 2 N–H and O–H groups in total. The molecule has 0 spiro atoms. The molecule has 46 heavy (non-hydrogen) atoms. The summed E-state index contributed by atoms with van der Waals surface area (Å²) in [5.74, 6) is 1.05. The predicted molar refractivity (Wildman–Crippen MR) is 233 cm³/mol. The number of fused-ring (bicyclic) bond motifs is 4. The number of hydrogen-bond donors (Lipinski definition) is 0. The van der Waals surface area contributed by atoms with Crippen molar-refractivity contribution < 1.29 is 34.2 Å². The van der Waals surface area contributed by atoms with Gasteiger partial charge in [-0.15, -0.1) is 0 Å². The fourth-order valence-electron chi connectivity index (χ4n) is 6.25. The molecule has 2 atom stereocenters. The third-order valence-electron chi connectivity index (χ3n) is 7.85. The van der Waals surface area contributed by atoms with E-state index < -0.39 is 5.41 Å². The topological polar surface area (TPSA) is 82.7 Å². The van der Waals surface area contributed by atoms with E-state index in [1.807, 2.05) is 26.0 Å². The molecule has 0 bridgehead atoms. The van der Waals surface area contributed by atoms with Gasteiger partial charge in [0.25, 0.3) is 0 Å². The van der Waals surface area contributed by atoms with Crippen molar-refractivity contribution in [1.82, 2.24) is 0 Å². The minimum absolute atomic E-state index is 0. The van der Waals surface area contributed by atoms with Crippen molar-refractivity contribution in [2.24, 2.45) is 11.3 Å². The van der Waals surface area contributed by atoms with Crippen LogP contribution in [0, 0.1) is 52.9 Å². The van der Waals surface area contributed by atoms with E-state index in [-0.39, 0.29) is 22.0 Å². The van der Waals surface area contributed by atoms with Crippen molar-refractivity contribution in [2.75, 3.05) is 0 Å². The predicted octanol–water partition coefficient (Wildman–Crippen LogP) is 11.9. The van der Waals surface area contributed by atoms with Gasteiger partial charge in [0.2, 0.25) is 0 Å². The van der Waals surface area contributed by atoms with Gasteiger partial charge < -0.3 is 19.3 Å². The monoisotopic (exact) mass is 1270 g/mol. The van der Waals surface area contributed by atoms with Gasteiger partial charge in [-0.3, -0.25) is 14.4 Å². The second-order valence-electron chi connectivity index (χ2n) is 11.2. The molecule has 0 radical (unpaired) electrons. The molecule has 0 heterocycles. The number of benzene rings is 2. The Kier molecular flexibility index (Phi) is 28.1. The van der Waals surface area contributed by atoms with E-state index >= 15 is 0 Å². The molecule has 0 saturated heterocycles. The summed E-state index contributed by atoms with van der Waals surface area (Å²) < 4.78 is 0. The average Bonchev–Trinajstić information content (AvgIpc) is 3.34. The molecule has 5 rings (SSSR count). The first-order valence-electron chi connectivity index (χ1n) is 14.7. The molecule has 1 unspecified atom stereocenters. The van der Waals surface area contributed by atoms with E-state index in [9.17, 15) is 14.4 Å². The molecule has 0 aliphatic heterocycles. The van der Waals surface area contributed by atoms with Crippen LogP contribution in [0.1, 0.15) is 103 Å². The summed E-state index contributed by atoms with van der Waals surface area (Å²) in [6.45, 7) is 21.9. The molecular weight excluding hydrogens is 1220 g/mol. The molecule has 3 aliphatic rings. The fraction of sp³-hybridized carbons (Fsp3) is 0.457. The zero-order valence-corrected chi connectivity index (χ0v) is 41.7. The van der Waals surface area contributed by atoms with Gasteiger partial charge in [-0.2, -0.15) is 13.8 Å². The van der Waals surface area contributed by atoms with Gasteiger partial charge in [-0.05, 0) is 112 Å². The van der Waals surface area contributed by atoms with Crippen LogP contribution < -0.4 is 0 Å². The molecular formula is C35H48I5O4V2-2. The van der Waals surface area contributed by atoms with Gasteiger partial charge in [-0.25, -0.2) is 0 Å². The first-order valence-corrected chi connectivity index (χ1v) is 37.3. The molecule has 2 aromatic carbocycles. The molecule has 0 amide bonds. The third-order valence-corrected chi connectivity index (χ3v) is 7.85. The average molecular weight is 1270 g/mol. The van der Waals surface area contributed by atoms with Crippen molar-refractivity contribution in [3.63, 3.8) is 0 Å². The first-order chi connectivity index (χ1) is 21.1. The summed E-state index contributed by atoms with van der Waals surface area (Å²) in [5, 5.41) is 0. The molecule has 11 heteroatoms. The summed E-state index contributed by atoms with van der Waals surface area (Å²) in [5.41, 5.74) is 10.6. The fourth-order valence-corrected chi connectivity index (χ4v) is 6.25. The Morgan fingerprint density at radius 2 is 1.33 bits per heavy atom. The molecule has 259 valence electrons. The maximum atomic E-state index is 12.6. The molecule has 0 aromatic heterocycles. The number of aryl methyl sites for hydroxylation is 4. The first kappa shape index (κ1) is 50.1. The Labute approximate surface area is 345 Å². The van der Waals surface area contributed by atoms with E-state index in [2.05, 4.69) is 153 Å². The van der Waals surface area contributed by atoms with Crippen LogP contribution in [0.15, 0.2) is 30.3 Å². The maximum absolute atomic E-state index is 12.6. The van der Waals surface area contributed by atoms with Gasteiger partial charge in [-0.1, -0.05) is 36.2 Å².